The zero-order chi connectivity index (χ0) is 16.3. The van der Waals surface area contributed by atoms with Crippen LogP contribution in [0.15, 0.2) is 41.3 Å². The number of hydrogen-bond acceptors (Lipinski definition) is 3. The van der Waals surface area contributed by atoms with Gasteiger partial charge in [-0.3, -0.25) is 9.78 Å². The van der Waals surface area contributed by atoms with Gasteiger partial charge in [-0.2, -0.15) is 5.10 Å². The Morgan fingerprint density at radius 1 is 1.00 bits per heavy atom. The summed E-state index contributed by atoms with van der Waals surface area (Å²) in [6.45, 7) is 2.54. The van der Waals surface area contributed by atoms with E-state index in [4.69, 9.17) is 0 Å². The van der Waals surface area contributed by atoms with E-state index in [1.165, 1.54) is 36.4 Å². The molecule has 0 aliphatic rings. The number of nitrogens with zero attached hydrogens (tertiary/aromatic N) is 3. The molecular weight excluding hydrogens is 286 g/mol. The molecule has 0 N–H and O–H groups in total. The SMILES string of the molecule is CCCCCCCC#CCn1nc(-c2ccccn2)ccc1=O. The Bertz CT molecular complexity index is 711. The highest BCUT2D eigenvalue weighted by Gasteiger charge is 2.02. The van der Waals surface area contributed by atoms with Gasteiger partial charge in [-0.25, -0.2) is 4.68 Å². The molecule has 0 aromatic carbocycles. The summed E-state index contributed by atoms with van der Waals surface area (Å²) in [5.74, 6) is 6.17. The van der Waals surface area contributed by atoms with Crippen molar-refractivity contribution in [2.75, 3.05) is 0 Å². The first kappa shape index (κ1) is 17.0. The lowest BCUT2D eigenvalue weighted by Crippen LogP contribution is -2.21. The molecule has 0 aliphatic heterocycles. The summed E-state index contributed by atoms with van der Waals surface area (Å²) < 4.78 is 1.40. The van der Waals surface area contributed by atoms with E-state index in [0.717, 1.165) is 18.5 Å². The van der Waals surface area contributed by atoms with Crippen molar-refractivity contribution >= 4 is 0 Å². The van der Waals surface area contributed by atoms with E-state index in [9.17, 15) is 4.79 Å². The van der Waals surface area contributed by atoms with Crippen molar-refractivity contribution in [2.24, 2.45) is 0 Å². The Kier molecular flexibility index (Phi) is 7.06. The molecule has 2 heterocycles. The van der Waals surface area contributed by atoms with E-state index in [-0.39, 0.29) is 5.56 Å². The Hall–Kier alpha value is -2.41. The molecule has 0 saturated heterocycles. The average molecular weight is 309 g/mol. The minimum absolute atomic E-state index is 0.137. The van der Waals surface area contributed by atoms with Crippen LogP contribution in [-0.2, 0) is 6.54 Å². The fraction of sp³-hybridized carbons (Fsp3) is 0.421. The molecule has 0 spiro atoms. The fourth-order valence-corrected chi connectivity index (χ4v) is 2.25. The Balaban J connectivity index is 1.92. The number of aromatic nitrogens is 3. The second kappa shape index (κ2) is 9.58. The van der Waals surface area contributed by atoms with Crippen LogP contribution in [0.1, 0.15) is 45.4 Å². The maximum Gasteiger partial charge on any atom is 0.267 e. The standard InChI is InChI=1S/C19H23N3O/c1-2-3-4-5-6-7-8-11-16-22-19(23)14-13-18(21-22)17-12-9-10-15-20-17/h9-10,12-15H,2-7,16H2,1H3. The quantitative estimate of drug-likeness (QED) is 0.579. The molecule has 0 bridgehead atoms. The summed E-state index contributed by atoms with van der Waals surface area (Å²) in [5, 5.41) is 4.34. The summed E-state index contributed by atoms with van der Waals surface area (Å²) in [6, 6.07) is 8.84. The topological polar surface area (TPSA) is 47.8 Å². The molecule has 2 aromatic rings. The smallest absolute Gasteiger partial charge is 0.267 e. The van der Waals surface area contributed by atoms with Crippen molar-refractivity contribution in [2.45, 2.75) is 52.0 Å². The maximum absolute atomic E-state index is 11.9. The normalized spacial score (nSPS) is 10.1. The Morgan fingerprint density at radius 3 is 2.65 bits per heavy atom. The largest absolute Gasteiger partial charge is 0.268 e. The van der Waals surface area contributed by atoms with Crippen molar-refractivity contribution in [1.82, 2.24) is 14.8 Å². The van der Waals surface area contributed by atoms with Gasteiger partial charge in [-0.1, -0.05) is 44.6 Å². The molecule has 0 radical (unpaired) electrons. The van der Waals surface area contributed by atoms with Crippen LogP contribution in [-0.4, -0.2) is 14.8 Å². The van der Waals surface area contributed by atoms with Gasteiger partial charge in [0.15, 0.2) is 0 Å². The molecule has 0 fully saturated rings. The van der Waals surface area contributed by atoms with E-state index in [1.807, 2.05) is 18.2 Å². The van der Waals surface area contributed by atoms with Crippen molar-refractivity contribution in [3.05, 3.63) is 46.9 Å². The predicted octanol–water partition coefficient (Wildman–Crippen LogP) is 3.67. The average Bonchev–Trinajstić information content (AvgIpc) is 2.59. The maximum atomic E-state index is 11.9. The van der Waals surface area contributed by atoms with Crippen LogP contribution >= 0.6 is 0 Å². The van der Waals surface area contributed by atoms with Crippen LogP contribution in [0.3, 0.4) is 0 Å². The monoisotopic (exact) mass is 309 g/mol. The molecule has 23 heavy (non-hydrogen) atoms. The van der Waals surface area contributed by atoms with Crippen LogP contribution in [0.4, 0.5) is 0 Å². The molecular formula is C19H23N3O. The molecule has 120 valence electrons. The summed E-state index contributed by atoms with van der Waals surface area (Å²) in [6.07, 6.45) is 8.80. The van der Waals surface area contributed by atoms with Crippen LogP contribution < -0.4 is 5.56 Å². The fourth-order valence-electron chi connectivity index (χ4n) is 2.25. The molecule has 0 saturated carbocycles. The predicted molar refractivity (Wildman–Crippen MR) is 92.9 cm³/mol. The Labute approximate surface area is 137 Å². The Morgan fingerprint density at radius 2 is 1.87 bits per heavy atom. The van der Waals surface area contributed by atoms with E-state index >= 15 is 0 Å². The number of hydrogen-bond donors (Lipinski definition) is 0. The third-order valence-corrected chi connectivity index (χ3v) is 3.55. The third-order valence-electron chi connectivity index (χ3n) is 3.55. The second-order valence-corrected chi connectivity index (χ2v) is 5.45. The molecule has 0 amide bonds. The number of unbranched alkanes of at least 4 members (excludes halogenated alkanes) is 5. The van der Waals surface area contributed by atoms with Gasteiger partial charge in [0.05, 0.1) is 5.69 Å². The van der Waals surface area contributed by atoms with Crippen molar-refractivity contribution in [1.29, 1.82) is 0 Å². The van der Waals surface area contributed by atoms with Crippen molar-refractivity contribution in [3.8, 4) is 23.2 Å². The van der Waals surface area contributed by atoms with E-state index in [1.54, 1.807) is 12.3 Å². The van der Waals surface area contributed by atoms with Crippen LogP contribution in [0.2, 0.25) is 0 Å². The van der Waals surface area contributed by atoms with Gasteiger partial charge in [-0.15, -0.1) is 5.92 Å². The van der Waals surface area contributed by atoms with Gasteiger partial charge in [-0.05, 0) is 24.6 Å². The minimum atomic E-state index is -0.137. The molecule has 0 atom stereocenters. The molecule has 2 rings (SSSR count). The van der Waals surface area contributed by atoms with E-state index in [2.05, 4.69) is 28.8 Å². The molecule has 4 heteroatoms. The molecule has 0 unspecified atom stereocenters. The highest BCUT2D eigenvalue weighted by Crippen LogP contribution is 2.10. The summed E-state index contributed by atoms with van der Waals surface area (Å²) in [5.41, 5.74) is 1.30. The highest BCUT2D eigenvalue weighted by atomic mass is 16.1. The van der Waals surface area contributed by atoms with E-state index < -0.39 is 0 Å². The number of rotatable bonds is 7. The van der Waals surface area contributed by atoms with E-state index in [0.29, 0.717) is 12.2 Å². The first-order valence-electron chi connectivity index (χ1n) is 8.26. The number of pyridine rings is 1. The first-order chi connectivity index (χ1) is 11.3. The van der Waals surface area contributed by atoms with Crippen molar-refractivity contribution < 1.29 is 0 Å². The van der Waals surface area contributed by atoms with Gasteiger partial charge < -0.3 is 0 Å². The summed E-state index contributed by atoms with van der Waals surface area (Å²) >= 11 is 0. The lowest BCUT2D eigenvalue weighted by atomic mass is 10.1. The second-order valence-electron chi connectivity index (χ2n) is 5.45. The highest BCUT2D eigenvalue weighted by molar-refractivity contribution is 5.52. The molecule has 0 aliphatic carbocycles. The van der Waals surface area contributed by atoms with Crippen LogP contribution in [0.5, 0.6) is 0 Å². The summed E-state index contributed by atoms with van der Waals surface area (Å²) in [7, 11) is 0. The van der Waals surface area contributed by atoms with Gasteiger partial charge in [0.2, 0.25) is 0 Å². The zero-order valence-corrected chi connectivity index (χ0v) is 13.7. The van der Waals surface area contributed by atoms with Crippen LogP contribution in [0.25, 0.3) is 11.4 Å². The lowest BCUT2D eigenvalue weighted by Gasteiger charge is -2.03. The van der Waals surface area contributed by atoms with Crippen LogP contribution in [0, 0.1) is 11.8 Å². The first-order valence-corrected chi connectivity index (χ1v) is 8.26. The van der Waals surface area contributed by atoms with Gasteiger partial charge >= 0.3 is 0 Å². The minimum Gasteiger partial charge on any atom is -0.268 e. The lowest BCUT2D eigenvalue weighted by molar-refractivity contribution is 0.639. The zero-order valence-electron chi connectivity index (χ0n) is 13.7. The van der Waals surface area contributed by atoms with Gasteiger partial charge in [0.25, 0.3) is 5.56 Å². The van der Waals surface area contributed by atoms with Gasteiger partial charge in [0.1, 0.15) is 12.2 Å². The molecule has 2 aromatic heterocycles. The summed E-state index contributed by atoms with van der Waals surface area (Å²) in [4.78, 5) is 16.1. The van der Waals surface area contributed by atoms with Crippen molar-refractivity contribution in [3.63, 3.8) is 0 Å². The molecule has 4 nitrogen and oxygen atoms in total. The third kappa shape index (κ3) is 5.71. The van der Waals surface area contributed by atoms with Gasteiger partial charge in [0, 0.05) is 18.7 Å².